The molecule has 0 aliphatic heterocycles. The van der Waals surface area contributed by atoms with Crippen molar-refractivity contribution in [3.63, 3.8) is 0 Å². The van der Waals surface area contributed by atoms with Crippen molar-refractivity contribution in [3.05, 3.63) is 22.2 Å². The quantitative estimate of drug-likeness (QED) is 0.828. The topological polar surface area (TPSA) is 58.4 Å². The molecule has 1 aromatic rings. The second kappa shape index (κ2) is 5.98. The minimum absolute atomic E-state index is 0.0690. The molecule has 0 atom stereocenters. The summed E-state index contributed by atoms with van der Waals surface area (Å²) in [5.41, 5.74) is 7.00. The Hall–Kier alpha value is -1.13. The normalized spacial score (nSPS) is 10.1. The average molecular weight is 276 g/mol. The fraction of sp³-hybridized carbons (Fsp3) is 0.364. The molecule has 0 aliphatic carbocycles. The van der Waals surface area contributed by atoms with E-state index < -0.39 is 0 Å². The predicted octanol–water partition coefficient (Wildman–Crippen LogP) is 2.15. The molecule has 0 spiro atoms. The van der Waals surface area contributed by atoms with E-state index in [0.717, 1.165) is 0 Å². The molecule has 0 saturated carbocycles. The number of carbonyl (C=O) groups is 1. The summed E-state index contributed by atoms with van der Waals surface area (Å²) in [6, 6.07) is 3.23. The van der Waals surface area contributed by atoms with Crippen molar-refractivity contribution in [2.45, 2.75) is 6.92 Å². The molecule has 17 heavy (non-hydrogen) atoms. The van der Waals surface area contributed by atoms with Gasteiger partial charge in [-0.2, -0.15) is 0 Å². The van der Waals surface area contributed by atoms with E-state index in [4.69, 9.17) is 28.9 Å². The molecule has 1 rings (SSSR count). The maximum absolute atomic E-state index is 11.4. The van der Waals surface area contributed by atoms with E-state index in [1.807, 2.05) is 6.92 Å². The first-order valence-corrected chi connectivity index (χ1v) is 5.93. The lowest BCUT2D eigenvalue weighted by Crippen LogP contribution is -2.35. The molecule has 0 fully saturated rings. The summed E-state index contributed by atoms with van der Waals surface area (Å²) >= 11 is 11.7. The zero-order valence-electron chi connectivity index (χ0n) is 9.76. The van der Waals surface area contributed by atoms with Crippen LogP contribution in [0, 0.1) is 0 Å². The summed E-state index contributed by atoms with van der Waals surface area (Å²) in [4.78, 5) is 13.2. The van der Waals surface area contributed by atoms with Crippen molar-refractivity contribution in [3.8, 4) is 0 Å². The van der Waals surface area contributed by atoms with Crippen LogP contribution in [-0.2, 0) is 4.79 Å². The molecule has 94 valence electrons. The molecule has 0 aliphatic rings. The Morgan fingerprint density at radius 2 is 2.00 bits per heavy atom. The molecular formula is C11H15Cl2N3O. The van der Waals surface area contributed by atoms with E-state index in [0.29, 0.717) is 28.0 Å². The number of halogens is 2. The number of nitrogens with two attached hydrogens (primary N) is 1. The van der Waals surface area contributed by atoms with Crippen LogP contribution in [0.15, 0.2) is 12.1 Å². The van der Waals surface area contributed by atoms with Gasteiger partial charge in [0, 0.05) is 13.6 Å². The maximum Gasteiger partial charge on any atom is 0.239 e. The number of hydrogen-bond donors (Lipinski definition) is 2. The summed E-state index contributed by atoms with van der Waals surface area (Å²) in [6.07, 6.45) is 0. The molecule has 3 N–H and O–H groups in total. The summed E-state index contributed by atoms with van der Waals surface area (Å²) in [5.74, 6) is -0.0690. The van der Waals surface area contributed by atoms with Gasteiger partial charge in [0.25, 0.3) is 0 Å². The fourth-order valence-corrected chi connectivity index (χ4v) is 1.77. The van der Waals surface area contributed by atoms with Crippen molar-refractivity contribution in [1.82, 2.24) is 5.32 Å². The second-order valence-electron chi connectivity index (χ2n) is 3.63. The Kier molecular flexibility index (Phi) is 4.90. The van der Waals surface area contributed by atoms with Gasteiger partial charge in [0.15, 0.2) is 0 Å². The van der Waals surface area contributed by atoms with Gasteiger partial charge in [0.05, 0.1) is 28.0 Å². The number of anilines is 2. The average Bonchev–Trinajstić information content (AvgIpc) is 2.23. The van der Waals surface area contributed by atoms with Gasteiger partial charge in [-0.1, -0.05) is 23.2 Å². The number of nitrogen functional groups attached to an aromatic ring is 1. The SMILES string of the molecule is CCNC(=O)CN(C)c1cc(Cl)c(Cl)cc1N. The summed E-state index contributed by atoms with van der Waals surface area (Å²) in [6.45, 7) is 2.69. The molecule has 0 bridgehead atoms. The Morgan fingerprint density at radius 3 is 2.59 bits per heavy atom. The number of carbonyl (C=O) groups excluding carboxylic acids is 1. The number of rotatable bonds is 4. The van der Waals surface area contributed by atoms with E-state index in [1.54, 1.807) is 24.1 Å². The third kappa shape index (κ3) is 3.68. The van der Waals surface area contributed by atoms with Crippen LogP contribution < -0.4 is 16.0 Å². The number of hydrogen-bond acceptors (Lipinski definition) is 3. The van der Waals surface area contributed by atoms with Gasteiger partial charge in [-0.25, -0.2) is 0 Å². The highest BCUT2D eigenvalue weighted by Crippen LogP contribution is 2.32. The number of nitrogens with one attached hydrogen (secondary N) is 1. The van der Waals surface area contributed by atoms with Gasteiger partial charge < -0.3 is 16.0 Å². The van der Waals surface area contributed by atoms with Gasteiger partial charge in [-0.05, 0) is 19.1 Å². The van der Waals surface area contributed by atoms with Crippen molar-refractivity contribution in [1.29, 1.82) is 0 Å². The molecule has 0 unspecified atom stereocenters. The molecule has 1 amide bonds. The summed E-state index contributed by atoms with van der Waals surface area (Å²) in [7, 11) is 1.77. The van der Waals surface area contributed by atoms with Crippen molar-refractivity contribution in [2.75, 3.05) is 30.8 Å². The summed E-state index contributed by atoms with van der Waals surface area (Å²) in [5, 5.41) is 3.53. The van der Waals surface area contributed by atoms with Crippen molar-refractivity contribution in [2.24, 2.45) is 0 Å². The summed E-state index contributed by atoms with van der Waals surface area (Å²) < 4.78 is 0. The van der Waals surface area contributed by atoms with E-state index in [9.17, 15) is 4.79 Å². The van der Waals surface area contributed by atoms with Gasteiger partial charge >= 0.3 is 0 Å². The minimum Gasteiger partial charge on any atom is -0.397 e. The highest BCUT2D eigenvalue weighted by Gasteiger charge is 2.11. The lowest BCUT2D eigenvalue weighted by Gasteiger charge is -2.21. The molecule has 0 saturated heterocycles. The van der Waals surface area contributed by atoms with Gasteiger partial charge in [0.2, 0.25) is 5.91 Å². The number of nitrogens with zero attached hydrogens (tertiary/aromatic N) is 1. The van der Waals surface area contributed by atoms with Crippen LogP contribution >= 0.6 is 23.2 Å². The zero-order chi connectivity index (χ0) is 13.0. The minimum atomic E-state index is -0.0690. The molecule has 0 aromatic heterocycles. The highest BCUT2D eigenvalue weighted by atomic mass is 35.5. The lowest BCUT2D eigenvalue weighted by atomic mass is 10.2. The van der Waals surface area contributed by atoms with Crippen LogP contribution in [0.25, 0.3) is 0 Å². The first-order valence-electron chi connectivity index (χ1n) is 5.18. The van der Waals surface area contributed by atoms with Crippen molar-refractivity contribution < 1.29 is 4.79 Å². The molecular weight excluding hydrogens is 261 g/mol. The van der Waals surface area contributed by atoms with Crippen LogP contribution in [0.4, 0.5) is 11.4 Å². The number of amides is 1. The van der Waals surface area contributed by atoms with E-state index >= 15 is 0 Å². The van der Waals surface area contributed by atoms with Crippen LogP contribution in [0.3, 0.4) is 0 Å². The first kappa shape index (κ1) is 13.9. The van der Waals surface area contributed by atoms with Crippen LogP contribution in [0.1, 0.15) is 6.92 Å². The molecule has 6 heteroatoms. The molecule has 0 radical (unpaired) electrons. The maximum atomic E-state index is 11.4. The standard InChI is InChI=1S/C11H15Cl2N3O/c1-3-15-11(17)6-16(2)10-5-8(13)7(12)4-9(10)14/h4-5H,3,6,14H2,1-2H3,(H,15,17). The Morgan fingerprint density at radius 1 is 1.41 bits per heavy atom. The third-order valence-electron chi connectivity index (χ3n) is 2.24. The Balaban J connectivity index is 2.85. The Bertz CT molecular complexity index is 423. The first-order chi connectivity index (χ1) is 7.95. The Labute approximate surface area is 111 Å². The lowest BCUT2D eigenvalue weighted by molar-refractivity contribution is -0.119. The van der Waals surface area contributed by atoms with Gasteiger partial charge in [0.1, 0.15) is 0 Å². The van der Waals surface area contributed by atoms with Crippen LogP contribution in [-0.4, -0.2) is 26.0 Å². The van der Waals surface area contributed by atoms with Crippen molar-refractivity contribution >= 4 is 40.5 Å². The van der Waals surface area contributed by atoms with Crippen LogP contribution in [0.2, 0.25) is 10.0 Å². The zero-order valence-corrected chi connectivity index (χ0v) is 11.3. The fourth-order valence-electron chi connectivity index (χ4n) is 1.44. The number of likely N-dealkylation sites (N-methyl/N-ethyl adjacent to an activating group) is 2. The highest BCUT2D eigenvalue weighted by molar-refractivity contribution is 6.42. The van der Waals surface area contributed by atoms with E-state index in [2.05, 4.69) is 5.32 Å². The largest absolute Gasteiger partial charge is 0.397 e. The molecule has 0 heterocycles. The predicted molar refractivity (Wildman–Crippen MR) is 72.8 cm³/mol. The third-order valence-corrected chi connectivity index (χ3v) is 2.96. The molecule has 4 nitrogen and oxygen atoms in total. The molecule has 1 aromatic carbocycles. The van der Waals surface area contributed by atoms with Crippen LogP contribution in [0.5, 0.6) is 0 Å². The second-order valence-corrected chi connectivity index (χ2v) is 4.45. The monoisotopic (exact) mass is 275 g/mol. The van der Waals surface area contributed by atoms with E-state index in [-0.39, 0.29) is 12.5 Å². The number of benzene rings is 1. The van der Waals surface area contributed by atoms with Gasteiger partial charge in [-0.15, -0.1) is 0 Å². The van der Waals surface area contributed by atoms with Gasteiger partial charge in [-0.3, -0.25) is 4.79 Å². The smallest absolute Gasteiger partial charge is 0.239 e. The van der Waals surface area contributed by atoms with E-state index in [1.165, 1.54) is 0 Å².